The Labute approximate surface area is 85.9 Å². The summed E-state index contributed by atoms with van der Waals surface area (Å²) in [7, 11) is 0. The highest BCUT2D eigenvalue weighted by Gasteiger charge is 2.41. The molecule has 2 aliphatic rings. The van der Waals surface area contributed by atoms with E-state index in [0.717, 1.165) is 39.4 Å². The molecule has 0 aromatic carbocycles. The van der Waals surface area contributed by atoms with E-state index in [4.69, 9.17) is 15.2 Å². The Hall–Kier alpha value is -0.120. The molecular weight excluding hydrogens is 178 g/mol. The predicted molar refractivity (Wildman–Crippen MR) is 55.1 cm³/mol. The zero-order valence-corrected chi connectivity index (χ0v) is 8.84. The van der Waals surface area contributed by atoms with E-state index in [2.05, 4.69) is 0 Å². The van der Waals surface area contributed by atoms with E-state index in [1.807, 2.05) is 0 Å². The minimum absolute atomic E-state index is 0.466. The van der Waals surface area contributed by atoms with Crippen molar-refractivity contribution < 1.29 is 9.47 Å². The maximum absolute atomic E-state index is 5.76. The average Bonchev–Trinajstić information content (AvgIpc) is 2.75. The molecule has 2 N–H and O–H groups in total. The smallest absolute Gasteiger partial charge is 0.0523 e. The van der Waals surface area contributed by atoms with Crippen molar-refractivity contribution in [2.45, 2.75) is 25.7 Å². The molecule has 1 saturated carbocycles. The first-order chi connectivity index (χ1) is 6.85. The van der Waals surface area contributed by atoms with Crippen molar-refractivity contribution in [2.75, 3.05) is 33.0 Å². The first-order valence-corrected chi connectivity index (χ1v) is 5.70. The second-order valence-corrected chi connectivity index (χ2v) is 4.78. The van der Waals surface area contributed by atoms with Gasteiger partial charge in [0.15, 0.2) is 0 Å². The molecule has 1 aliphatic carbocycles. The van der Waals surface area contributed by atoms with Crippen molar-refractivity contribution in [3.05, 3.63) is 0 Å². The van der Waals surface area contributed by atoms with Gasteiger partial charge in [-0.2, -0.15) is 0 Å². The Bertz CT molecular complexity index is 174. The summed E-state index contributed by atoms with van der Waals surface area (Å²) in [6, 6.07) is 0. The van der Waals surface area contributed by atoms with Crippen LogP contribution in [0.25, 0.3) is 0 Å². The number of ether oxygens (including phenoxy) is 2. The standard InChI is InChI=1S/C11H21NO2/c12-5-4-11(2-3-11)9-14-8-10-1-6-13-7-10/h10H,1-9,12H2. The molecule has 1 saturated heterocycles. The Morgan fingerprint density at radius 1 is 1.43 bits per heavy atom. The minimum Gasteiger partial charge on any atom is -0.381 e. The molecule has 1 atom stereocenters. The van der Waals surface area contributed by atoms with Gasteiger partial charge in [0.25, 0.3) is 0 Å². The molecule has 0 amide bonds. The molecule has 1 aliphatic heterocycles. The molecule has 82 valence electrons. The van der Waals surface area contributed by atoms with E-state index in [9.17, 15) is 0 Å². The highest BCUT2D eigenvalue weighted by molar-refractivity contribution is 4.93. The topological polar surface area (TPSA) is 44.5 Å². The fourth-order valence-corrected chi connectivity index (χ4v) is 2.11. The van der Waals surface area contributed by atoms with Crippen LogP contribution in [0.15, 0.2) is 0 Å². The average molecular weight is 199 g/mol. The van der Waals surface area contributed by atoms with Crippen LogP contribution < -0.4 is 5.73 Å². The number of nitrogens with two attached hydrogens (primary N) is 1. The molecule has 14 heavy (non-hydrogen) atoms. The van der Waals surface area contributed by atoms with Crippen LogP contribution in [-0.4, -0.2) is 33.0 Å². The molecule has 1 heterocycles. The molecule has 0 aromatic rings. The van der Waals surface area contributed by atoms with Crippen molar-refractivity contribution in [1.29, 1.82) is 0 Å². The van der Waals surface area contributed by atoms with E-state index < -0.39 is 0 Å². The molecule has 0 bridgehead atoms. The lowest BCUT2D eigenvalue weighted by Gasteiger charge is -2.15. The summed E-state index contributed by atoms with van der Waals surface area (Å²) < 4.78 is 11.1. The summed E-state index contributed by atoms with van der Waals surface area (Å²) >= 11 is 0. The van der Waals surface area contributed by atoms with Gasteiger partial charge in [0, 0.05) is 12.5 Å². The third-order valence-electron chi connectivity index (χ3n) is 3.42. The molecule has 3 heteroatoms. The molecule has 1 unspecified atom stereocenters. The predicted octanol–water partition coefficient (Wildman–Crippen LogP) is 1.17. The SMILES string of the molecule is NCCC1(COCC2CCOC2)CC1. The number of rotatable bonds is 6. The molecule has 0 aromatic heterocycles. The van der Waals surface area contributed by atoms with Gasteiger partial charge >= 0.3 is 0 Å². The molecule has 2 rings (SSSR count). The van der Waals surface area contributed by atoms with Gasteiger partial charge in [-0.25, -0.2) is 0 Å². The van der Waals surface area contributed by atoms with E-state index in [-0.39, 0.29) is 0 Å². The zero-order valence-electron chi connectivity index (χ0n) is 8.84. The molecule has 3 nitrogen and oxygen atoms in total. The van der Waals surface area contributed by atoms with E-state index in [1.54, 1.807) is 0 Å². The Balaban J connectivity index is 1.58. The molecular formula is C11H21NO2. The quantitative estimate of drug-likeness (QED) is 0.698. The van der Waals surface area contributed by atoms with Gasteiger partial charge in [-0.15, -0.1) is 0 Å². The second kappa shape index (κ2) is 4.60. The van der Waals surface area contributed by atoms with Crippen LogP contribution in [0.3, 0.4) is 0 Å². The Kier molecular flexibility index (Phi) is 3.42. The summed E-state index contributed by atoms with van der Waals surface area (Å²) in [4.78, 5) is 0. The van der Waals surface area contributed by atoms with Crippen LogP contribution in [-0.2, 0) is 9.47 Å². The van der Waals surface area contributed by atoms with Gasteiger partial charge in [-0.1, -0.05) is 0 Å². The lowest BCUT2D eigenvalue weighted by molar-refractivity contribution is 0.0566. The zero-order chi connectivity index (χ0) is 9.86. The van der Waals surface area contributed by atoms with Crippen LogP contribution >= 0.6 is 0 Å². The van der Waals surface area contributed by atoms with Gasteiger partial charge in [0.2, 0.25) is 0 Å². The first-order valence-electron chi connectivity index (χ1n) is 5.70. The summed E-state index contributed by atoms with van der Waals surface area (Å²) in [5, 5.41) is 0. The van der Waals surface area contributed by atoms with Crippen LogP contribution in [0, 0.1) is 11.3 Å². The molecule has 0 spiro atoms. The van der Waals surface area contributed by atoms with Crippen LogP contribution in [0.5, 0.6) is 0 Å². The number of hydrogen-bond acceptors (Lipinski definition) is 3. The summed E-state index contributed by atoms with van der Waals surface area (Å²) in [6.07, 6.45) is 4.93. The fraction of sp³-hybridized carbons (Fsp3) is 1.00. The molecule has 0 radical (unpaired) electrons. The van der Waals surface area contributed by atoms with Crippen molar-refractivity contribution in [3.63, 3.8) is 0 Å². The molecule has 2 fully saturated rings. The lowest BCUT2D eigenvalue weighted by Crippen LogP contribution is -2.18. The van der Waals surface area contributed by atoms with Gasteiger partial charge in [-0.05, 0) is 37.6 Å². The minimum atomic E-state index is 0.466. The summed E-state index contributed by atoms with van der Waals surface area (Å²) in [5.74, 6) is 0.642. The Morgan fingerprint density at radius 3 is 2.86 bits per heavy atom. The van der Waals surface area contributed by atoms with E-state index in [0.29, 0.717) is 11.3 Å². The van der Waals surface area contributed by atoms with Crippen LogP contribution in [0.4, 0.5) is 0 Å². The highest BCUT2D eigenvalue weighted by atomic mass is 16.5. The normalized spacial score (nSPS) is 29.4. The van der Waals surface area contributed by atoms with Crippen molar-refractivity contribution in [2.24, 2.45) is 17.1 Å². The van der Waals surface area contributed by atoms with Gasteiger partial charge in [-0.3, -0.25) is 0 Å². The first kappa shape index (κ1) is 10.4. The van der Waals surface area contributed by atoms with Crippen molar-refractivity contribution >= 4 is 0 Å². The van der Waals surface area contributed by atoms with E-state index in [1.165, 1.54) is 19.3 Å². The third-order valence-corrected chi connectivity index (χ3v) is 3.42. The lowest BCUT2D eigenvalue weighted by atomic mass is 10.0. The van der Waals surface area contributed by atoms with E-state index >= 15 is 0 Å². The maximum Gasteiger partial charge on any atom is 0.0523 e. The van der Waals surface area contributed by atoms with Crippen LogP contribution in [0.2, 0.25) is 0 Å². The van der Waals surface area contributed by atoms with Gasteiger partial charge in [0.05, 0.1) is 19.8 Å². The highest BCUT2D eigenvalue weighted by Crippen LogP contribution is 2.48. The monoisotopic (exact) mass is 199 g/mol. The fourth-order valence-electron chi connectivity index (χ4n) is 2.11. The van der Waals surface area contributed by atoms with Gasteiger partial charge in [0.1, 0.15) is 0 Å². The van der Waals surface area contributed by atoms with Crippen LogP contribution in [0.1, 0.15) is 25.7 Å². The summed E-state index contributed by atoms with van der Waals surface area (Å²) in [6.45, 7) is 4.41. The second-order valence-electron chi connectivity index (χ2n) is 4.78. The summed E-state index contributed by atoms with van der Waals surface area (Å²) in [5.41, 5.74) is 6.04. The van der Waals surface area contributed by atoms with Crippen molar-refractivity contribution in [3.8, 4) is 0 Å². The Morgan fingerprint density at radius 2 is 2.29 bits per heavy atom. The maximum atomic E-state index is 5.76. The third kappa shape index (κ3) is 2.69. The van der Waals surface area contributed by atoms with Crippen molar-refractivity contribution in [1.82, 2.24) is 0 Å². The largest absolute Gasteiger partial charge is 0.381 e. The van der Waals surface area contributed by atoms with Gasteiger partial charge < -0.3 is 15.2 Å². The number of hydrogen-bond donors (Lipinski definition) is 1.